The number of carboxylic acids is 1. The number of aromatic amines is 1. The van der Waals surface area contributed by atoms with Gasteiger partial charge in [0.2, 0.25) is 5.91 Å². The van der Waals surface area contributed by atoms with E-state index in [0.717, 1.165) is 5.56 Å². The molecule has 2 atom stereocenters. The maximum Gasteiger partial charge on any atom is 0.314 e. The molecule has 0 radical (unpaired) electrons. The molecular weight excluding hydrogens is 353 g/mol. The first-order valence-corrected chi connectivity index (χ1v) is 8.82. The van der Waals surface area contributed by atoms with Gasteiger partial charge in [0.25, 0.3) is 0 Å². The molecule has 7 nitrogen and oxygen atoms in total. The number of carboxylic acid groups (broad SMARTS) is 1. The first-order valence-electron chi connectivity index (χ1n) is 8.82. The Balaban J connectivity index is 1.74. The number of hydrogen-bond acceptors (Lipinski definition) is 4. The number of benzene rings is 1. The minimum Gasteiger partial charge on any atom is -0.481 e. The van der Waals surface area contributed by atoms with E-state index in [2.05, 4.69) is 10.2 Å². The number of likely N-dealkylation sites (tertiary alicyclic amines) is 1. The number of halogens is 1. The topological polar surface area (TPSA) is 107 Å². The van der Waals surface area contributed by atoms with Gasteiger partial charge in [0.05, 0.1) is 12.3 Å². The average Bonchev–Trinajstić information content (AvgIpc) is 3.17. The normalized spacial score (nSPS) is 22.6. The van der Waals surface area contributed by atoms with Gasteiger partial charge >= 0.3 is 5.97 Å². The molecule has 8 heteroatoms. The summed E-state index contributed by atoms with van der Waals surface area (Å²) in [6.45, 7) is 0.231. The second-order valence-electron chi connectivity index (χ2n) is 6.99. The Morgan fingerprint density at radius 3 is 2.67 bits per heavy atom. The lowest BCUT2D eigenvalue weighted by Gasteiger charge is -2.43. The van der Waals surface area contributed by atoms with Crippen molar-refractivity contribution in [2.75, 3.05) is 13.1 Å². The number of amides is 1. The Hall–Kier alpha value is -2.74. The summed E-state index contributed by atoms with van der Waals surface area (Å²) in [5.41, 5.74) is -0.0109. The van der Waals surface area contributed by atoms with Crippen LogP contribution in [0.2, 0.25) is 0 Å². The highest BCUT2D eigenvalue weighted by atomic mass is 19.1. The zero-order valence-electron chi connectivity index (χ0n) is 14.8. The zero-order chi connectivity index (χ0) is 19.4. The van der Waals surface area contributed by atoms with E-state index in [-0.39, 0.29) is 31.7 Å². The minimum absolute atomic E-state index is 0.0231. The van der Waals surface area contributed by atoms with Crippen LogP contribution in [0, 0.1) is 11.2 Å². The molecule has 0 bridgehead atoms. The molecule has 1 fully saturated rings. The number of piperidine rings is 1. The fraction of sp³-hybridized carbons (Fsp3) is 0.421. The van der Waals surface area contributed by atoms with Gasteiger partial charge in [-0.1, -0.05) is 12.1 Å². The lowest BCUT2D eigenvalue weighted by atomic mass is 9.72. The summed E-state index contributed by atoms with van der Waals surface area (Å²) in [6.07, 6.45) is 3.22. The highest BCUT2D eigenvalue weighted by Crippen LogP contribution is 2.35. The third-order valence-corrected chi connectivity index (χ3v) is 5.18. The minimum atomic E-state index is -1.51. The number of carbonyl (C=O) groups excluding carboxylic acids is 1. The van der Waals surface area contributed by atoms with Crippen LogP contribution in [0.1, 0.15) is 24.0 Å². The van der Waals surface area contributed by atoms with Gasteiger partial charge in [-0.3, -0.25) is 14.7 Å². The van der Waals surface area contributed by atoms with Crippen LogP contribution < -0.4 is 0 Å². The Morgan fingerprint density at radius 2 is 2.04 bits per heavy atom. The van der Waals surface area contributed by atoms with Crippen LogP contribution in [0.3, 0.4) is 0 Å². The number of nitrogens with one attached hydrogen (secondary N) is 1. The first kappa shape index (κ1) is 19.0. The van der Waals surface area contributed by atoms with E-state index in [0.29, 0.717) is 18.5 Å². The fourth-order valence-electron chi connectivity index (χ4n) is 3.54. The molecule has 2 aromatic rings. The molecule has 144 valence electrons. The maximum atomic E-state index is 13.1. The number of nitrogens with zero attached hydrogens (tertiary/aromatic N) is 2. The highest BCUT2D eigenvalue weighted by Gasteiger charge is 2.50. The van der Waals surface area contributed by atoms with E-state index in [9.17, 15) is 24.2 Å². The number of aryl methyl sites for hydroxylation is 1. The van der Waals surface area contributed by atoms with Crippen LogP contribution in [0.4, 0.5) is 4.39 Å². The van der Waals surface area contributed by atoms with Crippen molar-refractivity contribution in [3.63, 3.8) is 0 Å². The molecule has 1 aliphatic rings. The van der Waals surface area contributed by atoms with Crippen molar-refractivity contribution in [2.45, 2.75) is 31.8 Å². The molecule has 27 heavy (non-hydrogen) atoms. The molecule has 1 saturated heterocycles. The van der Waals surface area contributed by atoms with Gasteiger partial charge in [-0.15, -0.1) is 0 Å². The first-order chi connectivity index (χ1) is 12.9. The molecule has 1 aromatic carbocycles. The second-order valence-corrected chi connectivity index (χ2v) is 6.99. The van der Waals surface area contributed by atoms with Crippen LogP contribution in [0.5, 0.6) is 0 Å². The van der Waals surface area contributed by atoms with Crippen molar-refractivity contribution >= 4 is 11.9 Å². The van der Waals surface area contributed by atoms with E-state index in [1.165, 1.54) is 29.2 Å². The number of aliphatic carboxylic acids is 1. The van der Waals surface area contributed by atoms with Crippen molar-refractivity contribution in [3.8, 4) is 0 Å². The predicted octanol–water partition coefficient (Wildman–Crippen LogP) is 1.39. The summed E-state index contributed by atoms with van der Waals surface area (Å²) in [7, 11) is 0. The highest BCUT2D eigenvalue weighted by molar-refractivity contribution is 5.80. The van der Waals surface area contributed by atoms with Crippen LogP contribution in [0.25, 0.3) is 0 Å². The quantitative estimate of drug-likeness (QED) is 0.707. The number of aromatic nitrogens is 2. The van der Waals surface area contributed by atoms with Crippen LogP contribution >= 0.6 is 0 Å². The fourth-order valence-corrected chi connectivity index (χ4v) is 3.54. The van der Waals surface area contributed by atoms with Crippen molar-refractivity contribution < 1.29 is 24.2 Å². The largest absolute Gasteiger partial charge is 0.481 e. The summed E-state index contributed by atoms with van der Waals surface area (Å²) in [6, 6.07) is 5.53. The standard InChI is InChI=1S/C19H22FN3O4/c20-15-4-1-13(2-5-15)9-19(18(26)27)12-23(8-7-16(19)24)17(25)6-3-14-10-21-22-11-14/h1-2,4-5,10-11,16,24H,3,6-9,12H2,(H,21,22)(H,26,27)/t16-,19+/m0/s1. The van der Waals surface area contributed by atoms with Crippen LogP contribution in [-0.2, 0) is 22.4 Å². The summed E-state index contributed by atoms with van der Waals surface area (Å²) >= 11 is 0. The number of aliphatic hydroxyl groups excluding tert-OH is 1. The third kappa shape index (κ3) is 4.16. The van der Waals surface area contributed by atoms with Gasteiger partial charge in [-0.2, -0.15) is 5.10 Å². The lowest BCUT2D eigenvalue weighted by Crippen LogP contribution is -2.58. The predicted molar refractivity (Wildman–Crippen MR) is 94.3 cm³/mol. The summed E-state index contributed by atoms with van der Waals surface area (Å²) in [5.74, 6) is -1.73. The second kappa shape index (κ2) is 7.87. The SMILES string of the molecule is O=C(CCc1cn[nH]c1)N1CC[C@H](O)[C@](Cc2ccc(F)cc2)(C(=O)O)C1. The number of aliphatic hydroxyl groups is 1. The van der Waals surface area contributed by atoms with Gasteiger partial charge in [0, 0.05) is 25.7 Å². The maximum absolute atomic E-state index is 13.1. The number of hydrogen-bond donors (Lipinski definition) is 3. The Bertz CT molecular complexity index is 794. The van der Waals surface area contributed by atoms with Gasteiger partial charge in [-0.25, -0.2) is 4.39 Å². The number of H-pyrrole nitrogens is 1. The van der Waals surface area contributed by atoms with E-state index in [1.54, 1.807) is 12.4 Å². The van der Waals surface area contributed by atoms with E-state index < -0.39 is 23.3 Å². The molecule has 1 aromatic heterocycles. The molecule has 0 aliphatic carbocycles. The molecule has 1 amide bonds. The third-order valence-electron chi connectivity index (χ3n) is 5.18. The van der Waals surface area contributed by atoms with Gasteiger partial charge in [0.15, 0.2) is 0 Å². The summed E-state index contributed by atoms with van der Waals surface area (Å²) in [4.78, 5) is 26.2. The molecule has 0 saturated carbocycles. The van der Waals surface area contributed by atoms with Gasteiger partial charge in [-0.05, 0) is 42.5 Å². The average molecular weight is 375 g/mol. The molecule has 1 aliphatic heterocycles. The van der Waals surface area contributed by atoms with E-state index >= 15 is 0 Å². The molecule has 0 spiro atoms. The van der Waals surface area contributed by atoms with Crippen LogP contribution in [0.15, 0.2) is 36.7 Å². The monoisotopic (exact) mass is 375 g/mol. The van der Waals surface area contributed by atoms with E-state index in [4.69, 9.17) is 0 Å². The molecule has 0 unspecified atom stereocenters. The van der Waals surface area contributed by atoms with Crippen molar-refractivity contribution in [1.29, 1.82) is 0 Å². The van der Waals surface area contributed by atoms with Gasteiger partial charge < -0.3 is 15.1 Å². The Morgan fingerprint density at radius 1 is 1.30 bits per heavy atom. The molecular formula is C19H22FN3O4. The molecule has 3 N–H and O–H groups in total. The van der Waals surface area contributed by atoms with Crippen molar-refractivity contribution in [3.05, 3.63) is 53.6 Å². The molecule has 2 heterocycles. The van der Waals surface area contributed by atoms with Crippen molar-refractivity contribution in [2.24, 2.45) is 5.41 Å². The lowest BCUT2D eigenvalue weighted by molar-refractivity contribution is -0.165. The Labute approximate surface area is 155 Å². The van der Waals surface area contributed by atoms with Gasteiger partial charge in [0.1, 0.15) is 11.2 Å². The van der Waals surface area contributed by atoms with E-state index in [1.807, 2.05) is 0 Å². The smallest absolute Gasteiger partial charge is 0.314 e. The summed E-state index contributed by atoms with van der Waals surface area (Å²) < 4.78 is 13.1. The summed E-state index contributed by atoms with van der Waals surface area (Å²) in [5, 5.41) is 26.9. The Kier molecular flexibility index (Phi) is 5.55. The number of carbonyl (C=O) groups is 2. The number of rotatable bonds is 6. The van der Waals surface area contributed by atoms with Crippen LogP contribution in [-0.4, -0.2) is 56.4 Å². The molecule has 3 rings (SSSR count). The van der Waals surface area contributed by atoms with Crippen molar-refractivity contribution in [1.82, 2.24) is 15.1 Å². The zero-order valence-corrected chi connectivity index (χ0v) is 14.8.